The van der Waals surface area contributed by atoms with Crippen LogP contribution in [0.3, 0.4) is 0 Å². The third kappa shape index (κ3) is 3.35. The summed E-state index contributed by atoms with van der Waals surface area (Å²) in [5.74, 6) is -0.700. The van der Waals surface area contributed by atoms with Crippen LogP contribution in [0.2, 0.25) is 0 Å². The zero-order valence-electron chi connectivity index (χ0n) is 13.8. The van der Waals surface area contributed by atoms with E-state index in [0.29, 0.717) is 24.5 Å². The zero-order valence-corrected chi connectivity index (χ0v) is 13.8. The van der Waals surface area contributed by atoms with E-state index in [0.717, 1.165) is 5.56 Å². The van der Waals surface area contributed by atoms with Gasteiger partial charge in [-0.1, -0.05) is 6.08 Å². The van der Waals surface area contributed by atoms with Crippen molar-refractivity contribution in [1.29, 1.82) is 0 Å². The molecule has 1 atom stereocenters. The van der Waals surface area contributed by atoms with Crippen molar-refractivity contribution in [3.63, 3.8) is 0 Å². The van der Waals surface area contributed by atoms with Gasteiger partial charge in [0.25, 0.3) is 5.91 Å². The Morgan fingerprint density at radius 2 is 2.17 bits per heavy atom. The first-order chi connectivity index (χ1) is 11.5. The van der Waals surface area contributed by atoms with E-state index < -0.39 is 17.4 Å². The molecular weight excluding hydrogens is 314 g/mol. The SMILES string of the molecule is C=CCc1cc(C(=O)NC2(C(=O)O)CCOC2)cc(OC)c1OC. The van der Waals surface area contributed by atoms with Gasteiger partial charge in [-0.25, -0.2) is 4.79 Å². The first kappa shape index (κ1) is 17.8. The molecule has 24 heavy (non-hydrogen) atoms. The molecule has 0 saturated carbocycles. The zero-order chi connectivity index (χ0) is 17.7. The number of ether oxygens (including phenoxy) is 3. The summed E-state index contributed by atoms with van der Waals surface area (Å²) in [5, 5.41) is 12.0. The summed E-state index contributed by atoms with van der Waals surface area (Å²) >= 11 is 0. The number of carbonyl (C=O) groups excluding carboxylic acids is 1. The van der Waals surface area contributed by atoms with Gasteiger partial charge < -0.3 is 24.6 Å². The molecule has 1 saturated heterocycles. The van der Waals surface area contributed by atoms with Crippen LogP contribution in [0.4, 0.5) is 0 Å². The van der Waals surface area contributed by atoms with Gasteiger partial charge in [0.05, 0.1) is 20.8 Å². The van der Waals surface area contributed by atoms with E-state index in [1.54, 1.807) is 12.1 Å². The van der Waals surface area contributed by atoms with Crippen LogP contribution in [0.15, 0.2) is 24.8 Å². The molecule has 1 aliphatic heterocycles. The maximum atomic E-state index is 12.6. The van der Waals surface area contributed by atoms with Crippen LogP contribution < -0.4 is 14.8 Å². The number of carbonyl (C=O) groups is 2. The van der Waals surface area contributed by atoms with Gasteiger partial charge in [-0.15, -0.1) is 6.58 Å². The van der Waals surface area contributed by atoms with Crippen LogP contribution in [-0.2, 0) is 16.0 Å². The summed E-state index contributed by atoms with van der Waals surface area (Å²) in [7, 11) is 2.99. The summed E-state index contributed by atoms with van der Waals surface area (Å²) in [6.07, 6.45) is 2.39. The summed E-state index contributed by atoms with van der Waals surface area (Å²) in [4.78, 5) is 24.1. The molecule has 0 spiro atoms. The highest BCUT2D eigenvalue weighted by atomic mass is 16.5. The minimum atomic E-state index is -1.40. The van der Waals surface area contributed by atoms with E-state index in [2.05, 4.69) is 11.9 Å². The molecule has 1 amide bonds. The Hall–Kier alpha value is -2.54. The molecule has 1 aromatic carbocycles. The van der Waals surface area contributed by atoms with E-state index in [4.69, 9.17) is 14.2 Å². The number of nitrogens with one attached hydrogen (secondary N) is 1. The molecular formula is C17H21NO6. The van der Waals surface area contributed by atoms with Crippen LogP contribution in [-0.4, -0.2) is 50.0 Å². The summed E-state index contributed by atoms with van der Waals surface area (Å²) in [6, 6.07) is 3.16. The number of methoxy groups -OCH3 is 2. The molecule has 1 unspecified atom stereocenters. The number of allylic oxidation sites excluding steroid dienone is 1. The number of rotatable bonds is 7. The van der Waals surface area contributed by atoms with Gasteiger partial charge in [0.15, 0.2) is 17.0 Å². The lowest BCUT2D eigenvalue weighted by atomic mass is 9.97. The number of amides is 1. The predicted molar refractivity (Wildman–Crippen MR) is 86.7 cm³/mol. The highest BCUT2D eigenvalue weighted by Gasteiger charge is 2.44. The summed E-state index contributed by atoms with van der Waals surface area (Å²) < 4.78 is 15.8. The van der Waals surface area contributed by atoms with E-state index in [1.807, 2.05) is 0 Å². The molecule has 0 radical (unpaired) electrons. The average molecular weight is 335 g/mol. The third-order valence-corrected chi connectivity index (χ3v) is 3.97. The molecule has 1 aromatic rings. The van der Waals surface area contributed by atoms with Crippen LogP contribution in [0.1, 0.15) is 22.3 Å². The molecule has 130 valence electrons. The Kier molecular flexibility index (Phi) is 5.46. The second-order valence-corrected chi connectivity index (χ2v) is 5.51. The number of aliphatic carboxylic acids is 1. The Bertz CT molecular complexity index is 649. The van der Waals surface area contributed by atoms with E-state index in [9.17, 15) is 14.7 Å². The second-order valence-electron chi connectivity index (χ2n) is 5.51. The standard InChI is InChI=1S/C17H21NO6/c1-4-5-11-8-12(9-13(22-2)14(11)23-3)15(19)18-17(16(20)21)6-7-24-10-17/h4,8-9H,1,5-7,10H2,2-3H3,(H,18,19)(H,20,21). The highest BCUT2D eigenvalue weighted by Crippen LogP contribution is 2.33. The monoisotopic (exact) mass is 335 g/mol. The van der Waals surface area contributed by atoms with Crippen molar-refractivity contribution in [3.05, 3.63) is 35.9 Å². The van der Waals surface area contributed by atoms with Gasteiger partial charge in [-0.2, -0.15) is 0 Å². The quantitative estimate of drug-likeness (QED) is 0.732. The maximum absolute atomic E-state index is 12.6. The number of hydrogen-bond donors (Lipinski definition) is 2. The molecule has 7 nitrogen and oxygen atoms in total. The average Bonchev–Trinajstić information content (AvgIpc) is 3.04. The fourth-order valence-electron chi connectivity index (χ4n) is 2.66. The first-order valence-corrected chi connectivity index (χ1v) is 7.47. The van der Waals surface area contributed by atoms with Gasteiger partial charge in [0.2, 0.25) is 0 Å². The molecule has 0 bridgehead atoms. The van der Waals surface area contributed by atoms with E-state index in [1.165, 1.54) is 20.3 Å². The fourth-order valence-corrected chi connectivity index (χ4v) is 2.66. The minimum Gasteiger partial charge on any atom is -0.493 e. The van der Waals surface area contributed by atoms with Crippen molar-refractivity contribution in [2.24, 2.45) is 0 Å². The lowest BCUT2D eigenvalue weighted by molar-refractivity contribution is -0.144. The molecule has 1 fully saturated rings. The molecule has 1 heterocycles. The lowest BCUT2D eigenvalue weighted by Crippen LogP contribution is -2.55. The van der Waals surface area contributed by atoms with Crippen molar-refractivity contribution in [3.8, 4) is 11.5 Å². The molecule has 0 aromatic heterocycles. The molecule has 2 N–H and O–H groups in total. The fraction of sp³-hybridized carbons (Fsp3) is 0.412. The Morgan fingerprint density at radius 3 is 2.67 bits per heavy atom. The number of benzene rings is 1. The maximum Gasteiger partial charge on any atom is 0.331 e. The van der Waals surface area contributed by atoms with Gasteiger partial charge >= 0.3 is 5.97 Å². The Labute approximate surface area is 140 Å². The molecule has 2 rings (SSSR count). The van der Waals surface area contributed by atoms with Gasteiger partial charge in [-0.3, -0.25) is 4.79 Å². The van der Waals surface area contributed by atoms with Crippen molar-refractivity contribution in [1.82, 2.24) is 5.32 Å². The second kappa shape index (κ2) is 7.35. The van der Waals surface area contributed by atoms with Gasteiger partial charge in [0, 0.05) is 24.2 Å². The minimum absolute atomic E-state index is 0.0547. The van der Waals surface area contributed by atoms with Gasteiger partial charge in [-0.05, 0) is 18.6 Å². The number of carboxylic acid groups (broad SMARTS) is 1. The molecule has 1 aliphatic rings. The first-order valence-electron chi connectivity index (χ1n) is 7.47. The largest absolute Gasteiger partial charge is 0.493 e. The smallest absolute Gasteiger partial charge is 0.331 e. The third-order valence-electron chi connectivity index (χ3n) is 3.97. The Balaban J connectivity index is 2.36. The van der Waals surface area contributed by atoms with Crippen molar-refractivity contribution < 1.29 is 28.9 Å². The van der Waals surface area contributed by atoms with Crippen molar-refractivity contribution in [2.75, 3.05) is 27.4 Å². The van der Waals surface area contributed by atoms with Crippen LogP contribution >= 0.6 is 0 Å². The number of hydrogen-bond acceptors (Lipinski definition) is 5. The van der Waals surface area contributed by atoms with Crippen LogP contribution in [0.25, 0.3) is 0 Å². The van der Waals surface area contributed by atoms with Gasteiger partial charge in [0.1, 0.15) is 0 Å². The van der Waals surface area contributed by atoms with Crippen molar-refractivity contribution >= 4 is 11.9 Å². The highest BCUT2D eigenvalue weighted by molar-refractivity contribution is 5.98. The Morgan fingerprint density at radius 1 is 1.42 bits per heavy atom. The predicted octanol–water partition coefficient (Wildman–Crippen LogP) is 1.41. The van der Waals surface area contributed by atoms with Crippen molar-refractivity contribution in [2.45, 2.75) is 18.4 Å². The van der Waals surface area contributed by atoms with Crippen LogP contribution in [0, 0.1) is 0 Å². The van der Waals surface area contributed by atoms with E-state index >= 15 is 0 Å². The lowest BCUT2D eigenvalue weighted by Gasteiger charge is -2.24. The molecule has 7 heteroatoms. The molecule has 0 aliphatic carbocycles. The summed E-state index contributed by atoms with van der Waals surface area (Å²) in [6.45, 7) is 3.92. The summed E-state index contributed by atoms with van der Waals surface area (Å²) in [5.41, 5.74) is -0.385. The number of carboxylic acids is 1. The van der Waals surface area contributed by atoms with Crippen LogP contribution in [0.5, 0.6) is 11.5 Å². The normalized spacial score (nSPS) is 19.6. The topological polar surface area (TPSA) is 94.1 Å². The van der Waals surface area contributed by atoms with E-state index in [-0.39, 0.29) is 18.6 Å².